The lowest BCUT2D eigenvalue weighted by Crippen LogP contribution is -2.32. The van der Waals surface area contributed by atoms with Gasteiger partial charge in [-0.05, 0) is 19.1 Å². The van der Waals surface area contributed by atoms with Crippen molar-refractivity contribution in [3.05, 3.63) is 40.2 Å². The molecule has 15 heteroatoms. The first-order valence-corrected chi connectivity index (χ1v) is 9.34. The van der Waals surface area contributed by atoms with Gasteiger partial charge >= 0.3 is 31.0 Å². The van der Waals surface area contributed by atoms with Crippen LogP contribution >= 0.6 is 0 Å². The van der Waals surface area contributed by atoms with Gasteiger partial charge in [-0.1, -0.05) is 3.77 Å². The fourth-order valence-electron chi connectivity index (χ4n) is 1.71. The van der Waals surface area contributed by atoms with Crippen LogP contribution < -0.4 is 9.61 Å². The first-order valence-electron chi connectivity index (χ1n) is 6.46. The molecule has 0 N–H and O–H groups in total. The molecule has 0 saturated carbocycles. The molecule has 0 aliphatic carbocycles. The molecule has 0 radical (unpaired) electrons. The summed E-state index contributed by atoms with van der Waals surface area (Å²) < 4.78 is 120. The zero-order valence-electron chi connectivity index (χ0n) is 12.8. The molecule has 1 atom stereocenters. The van der Waals surface area contributed by atoms with Gasteiger partial charge in [-0.3, -0.25) is 4.79 Å². The molecule has 0 fully saturated rings. The summed E-state index contributed by atoms with van der Waals surface area (Å²) in [7, 11) is -13.2. The van der Waals surface area contributed by atoms with Crippen LogP contribution in [0, 0.1) is 6.92 Å². The molecule has 1 aromatic heterocycles. The van der Waals surface area contributed by atoms with Crippen molar-refractivity contribution < 1.29 is 47.6 Å². The van der Waals surface area contributed by atoms with Crippen LogP contribution in [0.4, 0.5) is 26.3 Å². The van der Waals surface area contributed by atoms with Gasteiger partial charge < -0.3 is 8.60 Å². The van der Waals surface area contributed by atoms with Gasteiger partial charge in [-0.25, -0.2) is 0 Å². The Labute approximate surface area is 147 Å². The summed E-state index contributed by atoms with van der Waals surface area (Å²) in [5.74, 6) is -0.940. The Morgan fingerprint density at radius 1 is 1.00 bits per heavy atom. The van der Waals surface area contributed by atoms with Gasteiger partial charge in [-0.2, -0.15) is 39.0 Å². The second-order valence-corrected chi connectivity index (χ2v) is 8.47. The quantitative estimate of drug-likeness (QED) is 0.681. The van der Waals surface area contributed by atoms with Gasteiger partial charge in [0, 0.05) is 12.1 Å². The minimum Gasteiger partial charge on any atom is -0.461 e. The van der Waals surface area contributed by atoms with Crippen molar-refractivity contribution in [1.29, 1.82) is 0 Å². The largest absolute Gasteiger partial charge is 0.519 e. The van der Waals surface area contributed by atoms with Crippen molar-refractivity contribution in [3.8, 4) is 5.75 Å². The molecule has 0 saturated heterocycles. The lowest BCUT2D eigenvalue weighted by atomic mass is 10.2. The number of benzene rings is 1. The Kier molecular flexibility index (Phi) is 4.98. The summed E-state index contributed by atoms with van der Waals surface area (Å²) >= 11 is 0. The highest BCUT2D eigenvalue weighted by molar-refractivity contribution is 8.01. The zero-order chi connectivity index (χ0) is 20.8. The minimum absolute atomic E-state index is 0.0468. The van der Waals surface area contributed by atoms with Gasteiger partial charge in [0.2, 0.25) is 0 Å². The molecule has 1 unspecified atom stereocenters. The fourth-order valence-corrected chi connectivity index (χ4v) is 4.00. The number of hydrogen-bond acceptors (Lipinski definition) is 6. The number of nitrogens with zero attached hydrogens (tertiary/aromatic N) is 1. The predicted molar refractivity (Wildman–Crippen MR) is 79.4 cm³/mol. The lowest BCUT2D eigenvalue weighted by Gasteiger charge is -2.15. The molecule has 7 nitrogen and oxygen atoms in total. The van der Waals surface area contributed by atoms with Gasteiger partial charge in [0.15, 0.2) is 5.43 Å². The molecular weight excluding hydrogens is 432 g/mol. The van der Waals surface area contributed by atoms with Crippen molar-refractivity contribution in [1.82, 2.24) is 0 Å². The van der Waals surface area contributed by atoms with E-state index < -0.39 is 42.2 Å². The molecule has 0 spiro atoms. The van der Waals surface area contributed by atoms with Crippen LogP contribution in [0.2, 0.25) is 0 Å². The normalized spacial score (nSPS) is 15.4. The molecule has 27 heavy (non-hydrogen) atoms. The highest BCUT2D eigenvalue weighted by Gasteiger charge is 2.53. The summed E-state index contributed by atoms with van der Waals surface area (Å²) in [5, 5.41) is -0.119. The molecule has 150 valence electrons. The Hall–Kier alpha value is -2.29. The second kappa shape index (κ2) is 6.40. The fraction of sp³-hybridized carbons (Fsp3) is 0.250. The average molecular weight is 439 g/mol. The van der Waals surface area contributed by atoms with E-state index >= 15 is 0 Å². The highest BCUT2D eigenvalue weighted by Crippen LogP contribution is 2.34. The summed E-state index contributed by atoms with van der Waals surface area (Å²) in [6.45, 7) is 1.33. The van der Waals surface area contributed by atoms with E-state index in [1.807, 2.05) is 0 Å². The first kappa shape index (κ1) is 21.0. The summed E-state index contributed by atoms with van der Waals surface area (Å²) in [6, 6.07) is 3.25. The zero-order valence-corrected chi connectivity index (χ0v) is 14.4. The maximum Gasteiger partial charge on any atom is 0.519 e. The smallest absolute Gasteiger partial charge is 0.461 e. The Bertz CT molecular complexity index is 1170. The Balaban J connectivity index is 2.67. The number of alkyl halides is 6. The third kappa shape index (κ3) is 4.18. The molecule has 0 amide bonds. The second-order valence-electron chi connectivity index (χ2n) is 4.88. The number of aryl methyl sites for hydroxylation is 1. The van der Waals surface area contributed by atoms with Gasteiger partial charge in [0.1, 0.15) is 17.1 Å². The minimum atomic E-state index is -6.78. The van der Waals surface area contributed by atoms with E-state index in [1.54, 1.807) is 0 Å². The standard InChI is InChI=1S/C12H7F6NO6S2/c1-6-4-9(20)8-3-2-7(5-10(8)24-6)25-27(23,12(16,17)18)19-26(21,22)11(13,14)15/h2-5H,1H3. The Morgan fingerprint density at radius 3 is 2.11 bits per heavy atom. The summed E-state index contributed by atoms with van der Waals surface area (Å²) in [4.78, 5) is 11.7. The van der Waals surface area contributed by atoms with E-state index in [0.29, 0.717) is 12.1 Å². The topological polar surface area (TPSA) is 103 Å². The van der Waals surface area contributed by atoms with Crippen LogP contribution in [0.1, 0.15) is 5.76 Å². The number of rotatable bonds is 3. The third-order valence-electron chi connectivity index (χ3n) is 2.81. The van der Waals surface area contributed by atoms with E-state index in [1.165, 1.54) is 10.7 Å². The van der Waals surface area contributed by atoms with E-state index in [9.17, 15) is 43.8 Å². The SMILES string of the molecule is Cc1cc(=O)c2ccc(OS(=O)(=NS(=O)(=O)C(F)(F)F)C(F)(F)F)cc2o1. The highest BCUT2D eigenvalue weighted by atomic mass is 32.3. The van der Waals surface area contributed by atoms with Gasteiger partial charge in [-0.15, -0.1) is 0 Å². The van der Waals surface area contributed by atoms with Crippen molar-refractivity contribution in [2.75, 3.05) is 0 Å². The predicted octanol–water partition coefficient (Wildman–Crippen LogP) is 3.23. The van der Waals surface area contributed by atoms with Crippen molar-refractivity contribution in [2.45, 2.75) is 17.9 Å². The molecule has 1 heterocycles. The average Bonchev–Trinajstić information content (AvgIpc) is 2.43. The van der Waals surface area contributed by atoms with E-state index in [0.717, 1.165) is 12.1 Å². The van der Waals surface area contributed by atoms with Crippen LogP contribution in [-0.2, 0) is 20.0 Å². The lowest BCUT2D eigenvalue weighted by molar-refractivity contribution is -0.0470. The summed E-state index contributed by atoms with van der Waals surface area (Å²) in [6.07, 6.45) is 0. The number of fused-ring (bicyclic) bond motifs is 1. The third-order valence-corrected chi connectivity index (χ3v) is 5.97. The molecule has 0 bridgehead atoms. The first-order chi connectivity index (χ1) is 12.1. The number of sulfonamides is 1. The Morgan fingerprint density at radius 2 is 1.59 bits per heavy atom. The van der Waals surface area contributed by atoms with Crippen molar-refractivity contribution in [2.24, 2.45) is 3.77 Å². The molecular formula is C12H7F6NO6S2. The number of halogens is 6. The van der Waals surface area contributed by atoms with Gasteiger partial charge in [0.25, 0.3) is 0 Å². The number of hydrogen-bond donors (Lipinski definition) is 0. The van der Waals surface area contributed by atoms with E-state index in [4.69, 9.17) is 4.42 Å². The van der Waals surface area contributed by atoms with Crippen LogP contribution in [0.3, 0.4) is 0 Å². The molecule has 1 aromatic carbocycles. The molecule has 0 aliphatic heterocycles. The maximum absolute atomic E-state index is 13.0. The summed E-state index contributed by atoms with van der Waals surface area (Å²) in [5.41, 5.74) is -13.2. The maximum atomic E-state index is 13.0. The van der Waals surface area contributed by atoms with Crippen molar-refractivity contribution in [3.63, 3.8) is 0 Å². The van der Waals surface area contributed by atoms with Gasteiger partial charge in [0.05, 0.1) is 5.39 Å². The molecule has 2 rings (SSSR count). The van der Waals surface area contributed by atoms with Crippen molar-refractivity contribution >= 4 is 31.0 Å². The van der Waals surface area contributed by atoms with Crippen LogP contribution in [0.25, 0.3) is 11.0 Å². The van der Waals surface area contributed by atoms with E-state index in [-0.39, 0.29) is 16.7 Å². The van der Waals surface area contributed by atoms with Crippen LogP contribution in [0.5, 0.6) is 5.75 Å². The monoisotopic (exact) mass is 439 g/mol. The van der Waals surface area contributed by atoms with Crippen LogP contribution in [-0.4, -0.2) is 23.6 Å². The molecule has 2 aromatic rings. The van der Waals surface area contributed by atoms with Crippen LogP contribution in [0.15, 0.2) is 37.2 Å². The molecule has 0 aliphatic rings. The van der Waals surface area contributed by atoms with E-state index in [2.05, 4.69) is 4.18 Å².